The maximum Gasteiger partial charge on any atom is 0.134 e. The van der Waals surface area contributed by atoms with Crippen LogP contribution in [0.15, 0.2) is 30.9 Å². The van der Waals surface area contributed by atoms with Gasteiger partial charge in [-0.2, -0.15) is 0 Å². The number of pyridine rings is 2. The second kappa shape index (κ2) is 10.00. The molecule has 0 aromatic carbocycles. The van der Waals surface area contributed by atoms with Gasteiger partial charge in [0.25, 0.3) is 0 Å². The van der Waals surface area contributed by atoms with Crippen LogP contribution in [0.1, 0.15) is 45.0 Å². The van der Waals surface area contributed by atoms with Gasteiger partial charge in [-0.05, 0) is 25.0 Å². The summed E-state index contributed by atoms with van der Waals surface area (Å²) in [5, 5.41) is 0. The molecule has 7 nitrogen and oxygen atoms in total. The molecule has 0 saturated carbocycles. The quantitative estimate of drug-likeness (QED) is 0.631. The van der Waals surface area contributed by atoms with Gasteiger partial charge in [-0.1, -0.05) is 20.8 Å². The highest BCUT2D eigenvalue weighted by atomic mass is 16.5. The molecule has 1 aliphatic heterocycles. The minimum absolute atomic E-state index is 0.289. The molecule has 162 valence electrons. The molecular weight excluding hydrogens is 376 g/mol. The average Bonchev–Trinajstić information content (AvgIpc) is 3.19. The highest BCUT2D eigenvalue weighted by molar-refractivity contribution is 5.79. The number of anilines is 2. The number of fused-ring (bicyclic) bond motifs is 1. The molecule has 1 saturated heterocycles. The van der Waals surface area contributed by atoms with E-state index in [1.807, 2.05) is 51.2 Å². The predicted molar refractivity (Wildman–Crippen MR) is 122 cm³/mol. The normalized spacial score (nSPS) is 15.5. The average molecular weight is 411 g/mol. The van der Waals surface area contributed by atoms with Crippen LogP contribution in [-0.4, -0.2) is 57.8 Å². The van der Waals surface area contributed by atoms with Crippen molar-refractivity contribution in [2.75, 3.05) is 38.3 Å². The Bertz CT molecular complexity index is 963. The first kappa shape index (κ1) is 22.2. The van der Waals surface area contributed by atoms with E-state index in [4.69, 9.17) is 9.72 Å². The minimum atomic E-state index is 0.289. The number of ether oxygens (including phenoxy) is 1. The maximum atomic E-state index is 5.48. The molecule has 0 spiro atoms. The van der Waals surface area contributed by atoms with E-state index in [2.05, 4.69) is 45.7 Å². The van der Waals surface area contributed by atoms with Crippen molar-refractivity contribution in [3.05, 3.63) is 42.1 Å². The summed E-state index contributed by atoms with van der Waals surface area (Å²) in [7, 11) is 4.05. The summed E-state index contributed by atoms with van der Waals surface area (Å²) in [6, 6.07) is 4.61. The first-order valence-electron chi connectivity index (χ1n) is 10.9. The van der Waals surface area contributed by atoms with E-state index >= 15 is 0 Å². The Balaban J connectivity index is 0.00000124. The van der Waals surface area contributed by atoms with Crippen LogP contribution in [-0.2, 0) is 18.2 Å². The van der Waals surface area contributed by atoms with Crippen LogP contribution in [0, 0.1) is 0 Å². The molecule has 4 rings (SSSR count). The third-order valence-electron chi connectivity index (χ3n) is 5.69. The van der Waals surface area contributed by atoms with Crippen LogP contribution >= 0.6 is 0 Å². The summed E-state index contributed by atoms with van der Waals surface area (Å²) in [6.07, 6.45) is 6.57. The zero-order valence-corrected chi connectivity index (χ0v) is 19.1. The van der Waals surface area contributed by atoms with Crippen molar-refractivity contribution in [2.24, 2.45) is 7.05 Å². The SMILES string of the molecule is CC.CCc1cc(C(C)N2CCOCC2)ncc1N(C)c1cc2c(cn1)ncn2C. The fourth-order valence-electron chi connectivity index (χ4n) is 3.80. The molecule has 30 heavy (non-hydrogen) atoms. The molecule has 0 aliphatic carbocycles. The molecule has 0 radical (unpaired) electrons. The molecule has 1 atom stereocenters. The highest BCUT2D eigenvalue weighted by Crippen LogP contribution is 2.30. The Morgan fingerprint density at radius 3 is 2.53 bits per heavy atom. The fourth-order valence-corrected chi connectivity index (χ4v) is 3.80. The Morgan fingerprint density at radius 1 is 1.10 bits per heavy atom. The van der Waals surface area contributed by atoms with Crippen LogP contribution < -0.4 is 4.90 Å². The number of aromatic nitrogens is 4. The smallest absolute Gasteiger partial charge is 0.134 e. The van der Waals surface area contributed by atoms with Crippen molar-refractivity contribution in [1.82, 2.24) is 24.4 Å². The zero-order valence-electron chi connectivity index (χ0n) is 19.1. The summed E-state index contributed by atoms with van der Waals surface area (Å²) in [5.74, 6) is 0.890. The summed E-state index contributed by atoms with van der Waals surface area (Å²) >= 11 is 0. The molecule has 0 bridgehead atoms. The topological polar surface area (TPSA) is 59.3 Å². The van der Waals surface area contributed by atoms with E-state index in [-0.39, 0.29) is 6.04 Å². The maximum absolute atomic E-state index is 5.48. The molecular formula is C23H34N6O. The number of morpholine rings is 1. The highest BCUT2D eigenvalue weighted by Gasteiger charge is 2.21. The lowest BCUT2D eigenvalue weighted by atomic mass is 10.1. The van der Waals surface area contributed by atoms with Crippen molar-refractivity contribution >= 4 is 22.5 Å². The van der Waals surface area contributed by atoms with Crippen LogP contribution in [0.3, 0.4) is 0 Å². The van der Waals surface area contributed by atoms with Gasteiger partial charge < -0.3 is 14.2 Å². The van der Waals surface area contributed by atoms with Crippen LogP contribution in [0.5, 0.6) is 0 Å². The van der Waals surface area contributed by atoms with Crippen molar-refractivity contribution in [1.29, 1.82) is 0 Å². The number of imidazole rings is 1. The third-order valence-corrected chi connectivity index (χ3v) is 5.69. The molecule has 7 heteroatoms. The Kier molecular flexibility index (Phi) is 7.39. The lowest BCUT2D eigenvalue weighted by Gasteiger charge is -2.32. The largest absolute Gasteiger partial charge is 0.379 e. The van der Waals surface area contributed by atoms with Gasteiger partial charge in [-0.15, -0.1) is 0 Å². The van der Waals surface area contributed by atoms with E-state index in [1.165, 1.54) is 5.56 Å². The number of nitrogens with zero attached hydrogens (tertiary/aromatic N) is 6. The number of hydrogen-bond donors (Lipinski definition) is 0. The third kappa shape index (κ3) is 4.47. The van der Waals surface area contributed by atoms with Gasteiger partial charge >= 0.3 is 0 Å². The lowest BCUT2D eigenvalue weighted by molar-refractivity contribution is 0.0190. The van der Waals surface area contributed by atoms with Crippen LogP contribution in [0.4, 0.5) is 11.5 Å². The minimum Gasteiger partial charge on any atom is -0.379 e. The van der Waals surface area contributed by atoms with Crippen molar-refractivity contribution < 1.29 is 4.74 Å². The summed E-state index contributed by atoms with van der Waals surface area (Å²) in [6.45, 7) is 11.9. The second-order valence-corrected chi connectivity index (χ2v) is 7.36. The van der Waals surface area contributed by atoms with Gasteiger partial charge in [0.2, 0.25) is 0 Å². The Morgan fingerprint density at radius 2 is 1.83 bits per heavy atom. The zero-order chi connectivity index (χ0) is 21.7. The molecule has 1 fully saturated rings. The molecule has 0 N–H and O–H groups in total. The predicted octanol–water partition coefficient (Wildman–Crippen LogP) is 4.11. The number of rotatable bonds is 5. The molecule has 1 aliphatic rings. The Hall–Kier alpha value is -2.51. The van der Waals surface area contributed by atoms with E-state index in [0.717, 1.165) is 61.0 Å². The van der Waals surface area contributed by atoms with Crippen LogP contribution in [0.2, 0.25) is 0 Å². The number of aryl methyl sites for hydroxylation is 2. The van der Waals surface area contributed by atoms with E-state index in [1.54, 1.807) is 0 Å². The molecule has 4 heterocycles. The fraction of sp³-hybridized carbons (Fsp3) is 0.522. The summed E-state index contributed by atoms with van der Waals surface area (Å²) < 4.78 is 7.50. The summed E-state index contributed by atoms with van der Waals surface area (Å²) in [4.78, 5) is 18.3. The van der Waals surface area contributed by atoms with Gasteiger partial charge in [-0.25, -0.2) is 9.97 Å². The summed E-state index contributed by atoms with van der Waals surface area (Å²) in [5.41, 5.74) is 5.46. The number of hydrogen-bond acceptors (Lipinski definition) is 6. The van der Waals surface area contributed by atoms with Gasteiger partial charge in [0.1, 0.15) is 11.3 Å². The molecule has 1 unspecified atom stereocenters. The van der Waals surface area contributed by atoms with Crippen molar-refractivity contribution in [3.8, 4) is 0 Å². The van der Waals surface area contributed by atoms with Crippen molar-refractivity contribution in [3.63, 3.8) is 0 Å². The molecule has 3 aromatic heterocycles. The second-order valence-electron chi connectivity index (χ2n) is 7.36. The lowest BCUT2D eigenvalue weighted by Crippen LogP contribution is -2.38. The molecule has 0 amide bonds. The van der Waals surface area contributed by atoms with Gasteiger partial charge in [0.15, 0.2) is 0 Å². The Labute approximate surface area is 179 Å². The standard InChI is InChI=1S/C21H28N6O.C2H6/c1-5-16-10-17(15(2)27-6-8-28-9-7-27)22-13-20(16)26(4)21-11-19-18(12-23-21)24-14-25(19)3;1-2/h10-15H,5-9H2,1-4H3;1-2H3. The van der Waals surface area contributed by atoms with Gasteiger partial charge in [-0.3, -0.25) is 9.88 Å². The van der Waals surface area contributed by atoms with E-state index < -0.39 is 0 Å². The van der Waals surface area contributed by atoms with E-state index in [9.17, 15) is 0 Å². The van der Waals surface area contributed by atoms with Gasteiger partial charge in [0.05, 0.1) is 48.8 Å². The molecule has 3 aromatic rings. The first-order valence-corrected chi connectivity index (χ1v) is 10.9. The first-order chi connectivity index (χ1) is 14.6. The van der Waals surface area contributed by atoms with E-state index in [0.29, 0.717) is 0 Å². The monoisotopic (exact) mass is 410 g/mol. The van der Waals surface area contributed by atoms with Crippen molar-refractivity contribution in [2.45, 2.75) is 40.2 Å². The van der Waals surface area contributed by atoms with Gasteiger partial charge in [0, 0.05) is 39.3 Å². The van der Waals surface area contributed by atoms with Crippen LogP contribution in [0.25, 0.3) is 11.0 Å².